The van der Waals surface area contributed by atoms with Crippen molar-refractivity contribution in [1.82, 2.24) is 9.88 Å². The maximum Gasteiger partial charge on any atom is 0.0549 e. The Labute approximate surface area is 177 Å². The molecule has 0 bridgehead atoms. The van der Waals surface area contributed by atoms with E-state index in [1.54, 1.807) is 0 Å². The van der Waals surface area contributed by atoms with E-state index in [0.717, 1.165) is 25.3 Å². The van der Waals surface area contributed by atoms with Crippen molar-refractivity contribution in [3.8, 4) is 0 Å². The van der Waals surface area contributed by atoms with E-state index in [9.17, 15) is 0 Å². The highest BCUT2D eigenvalue weighted by atomic mass is 32.2. The zero-order valence-corrected chi connectivity index (χ0v) is 17.5. The number of nitrogens with zero attached hydrogens (tertiary/aromatic N) is 3. The molecule has 2 aliphatic heterocycles. The van der Waals surface area contributed by atoms with E-state index in [0.29, 0.717) is 6.04 Å². The average Bonchev–Trinajstić information content (AvgIpc) is 3.16. The van der Waals surface area contributed by atoms with Crippen molar-refractivity contribution in [3.63, 3.8) is 0 Å². The summed E-state index contributed by atoms with van der Waals surface area (Å²) in [5.41, 5.74) is 5.37. The first-order valence-electron chi connectivity index (χ1n) is 10.6. The monoisotopic (exact) mass is 401 g/mol. The van der Waals surface area contributed by atoms with Gasteiger partial charge in [-0.25, -0.2) is 0 Å². The van der Waals surface area contributed by atoms with E-state index < -0.39 is 0 Å². The van der Waals surface area contributed by atoms with Crippen LogP contribution in [0.5, 0.6) is 0 Å². The number of anilines is 2. The summed E-state index contributed by atoms with van der Waals surface area (Å²) in [7, 11) is 0. The van der Waals surface area contributed by atoms with Crippen molar-refractivity contribution < 1.29 is 0 Å². The van der Waals surface area contributed by atoms with E-state index in [2.05, 4.69) is 75.4 Å². The smallest absolute Gasteiger partial charge is 0.0549 e. The van der Waals surface area contributed by atoms with Gasteiger partial charge in [0, 0.05) is 53.8 Å². The second kappa shape index (κ2) is 8.60. The summed E-state index contributed by atoms with van der Waals surface area (Å²) < 4.78 is 0. The third-order valence-corrected chi connectivity index (χ3v) is 7.21. The molecule has 0 aliphatic carbocycles. The molecule has 1 unspecified atom stereocenters. The molecule has 3 heterocycles. The van der Waals surface area contributed by atoms with Crippen LogP contribution >= 0.6 is 11.8 Å². The van der Waals surface area contributed by atoms with Gasteiger partial charge in [0.1, 0.15) is 0 Å². The van der Waals surface area contributed by atoms with Crippen molar-refractivity contribution in [2.45, 2.75) is 36.0 Å². The highest BCUT2D eigenvalue weighted by Gasteiger charge is 2.29. The van der Waals surface area contributed by atoms with E-state index in [-0.39, 0.29) is 0 Å². The molecule has 1 saturated heterocycles. The van der Waals surface area contributed by atoms with Gasteiger partial charge in [0.2, 0.25) is 0 Å². The van der Waals surface area contributed by atoms with Gasteiger partial charge in [-0.3, -0.25) is 9.88 Å². The normalized spacial score (nSPS) is 18.9. The summed E-state index contributed by atoms with van der Waals surface area (Å²) in [6, 6.07) is 24.6. The molecule has 1 fully saturated rings. The summed E-state index contributed by atoms with van der Waals surface area (Å²) in [5, 5.41) is 0. The Morgan fingerprint density at radius 3 is 2.66 bits per heavy atom. The molecule has 1 aromatic heterocycles. The predicted octanol–water partition coefficient (Wildman–Crippen LogP) is 5.53. The number of benzene rings is 2. The minimum Gasteiger partial charge on any atom is -0.339 e. The zero-order valence-electron chi connectivity index (χ0n) is 16.7. The first-order chi connectivity index (χ1) is 14.4. The number of pyridine rings is 1. The van der Waals surface area contributed by atoms with Crippen molar-refractivity contribution in [2.24, 2.45) is 0 Å². The Morgan fingerprint density at radius 2 is 1.76 bits per heavy atom. The molecular weight excluding hydrogens is 374 g/mol. The van der Waals surface area contributed by atoms with Crippen molar-refractivity contribution in [2.75, 3.05) is 24.5 Å². The summed E-state index contributed by atoms with van der Waals surface area (Å²) in [4.78, 5) is 11.2. The second-order valence-corrected chi connectivity index (χ2v) is 8.92. The fourth-order valence-electron chi connectivity index (χ4n) is 4.59. The van der Waals surface area contributed by atoms with Crippen LogP contribution in [-0.2, 0) is 12.2 Å². The Balaban J connectivity index is 1.39. The van der Waals surface area contributed by atoms with Gasteiger partial charge >= 0.3 is 0 Å². The zero-order chi connectivity index (χ0) is 19.5. The van der Waals surface area contributed by atoms with Crippen LogP contribution in [0.4, 0.5) is 11.4 Å². The van der Waals surface area contributed by atoms with Crippen LogP contribution < -0.4 is 4.90 Å². The predicted molar refractivity (Wildman–Crippen MR) is 122 cm³/mol. The third-order valence-electron chi connectivity index (χ3n) is 6.10. The van der Waals surface area contributed by atoms with Gasteiger partial charge in [-0.15, -0.1) is 11.8 Å². The second-order valence-electron chi connectivity index (χ2n) is 7.90. The van der Waals surface area contributed by atoms with Crippen molar-refractivity contribution in [1.29, 1.82) is 0 Å². The van der Waals surface area contributed by atoms with Gasteiger partial charge in [-0.1, -0.05) is 36.4 Å². The molecule has 148 valence electrons. The number of para-hydroxylation sites is 2. The van der Waals surface area contributed by atoms with Crippen LogP contribution in [0.15, 0.2) is 77.8 Å². The SMILES string of the molecule is c1ccc(CCN2CCCC2CN2c3ccccc3CSc3ccccc32)nc1. The molecular formula is C25H27N3S. The molecule has 1 atom stereocenters. The summed E-state index contributed by atoms with van der Waals surface area (Å²) >= 11 is 1.96. The Hall–Kier alpha value is -2.30. The first-order valence-corrected chi connectivity index (χ1v) is 11.6. The standard InChI is InChI=1S/C25H27N3S/c1-2-11-23-20(8-1)19-29-25-13-4-3-12-24(25)28(23)18-22-10-7-16-27(22)17-14-21-9-5-6-15-26-21/h1-6,8-9,11-13,15,22H,7,10,14,16-19H2. The number of likely N-dealkylation sites (tertiary alicyclic amines) is 1. The Bertz CT molecular complexity index is 912. The number of aromatic nitrogens is 1. The average molecular weight is 402 g/mol. The summed E-state index contributed by atoms with van der Waals surface area (Å²) in [6.07, 6.45) is 5.49. The molecule has 2 aliphatic rings. The van der Waals surface area contributed by atoms with Crippen LogP contribution in [0.1, 0.15) is 24.1 Å². The van der Waals surface area contributed by atoms with E-state index >= 15 is 0 Å². The molecule has 4 heteroatoms. The molecule has 2 aromatic carbocycles. The Kier molecular flexibility index (Phi) is 5.55. The van der Waals surface area contributed by atoms with Crippen LogP contribution in [0.2, 0.25) is 0 Å². The van der Waals surface area contributed by atoms with Crippen molar-refractivity contribution >= 4 is 23.1 Å². The molecule has 0 saturated carbocycles. The van der Waals surface area contributed by atoms with Gasteiger partial charge in [-0.2, -0.15) is 0 Å². The van der Waals surface area contributed by atoms with E-state index in [1.807, 2.05) is 24.0 Å². The van der Waals surface area contributed by atoms with Gasteiger partial charge in [0.05, 0.1) is 5.69 Å². The highest BCUT2D eigenvalue weighted by molar-refractivity contribution is 7.98. The summed E-state index contributed by atoms with van der Waals surface area (Å²) in [5.74, 6) is 1.04. The van der Waals surface area contributed by atoms with Crippen molar-refractivity contribution in [3.05, 3.63) is 84.2 Å². The lowest BCUT2D eigenvalue weighted by molar-refractivity contribution is 0.260. The number of hydrogen-bond acceptors (Lipinski definition) is 4. The third kappa shape index (κ3) is 4.05. The lowest BCUT2D eigenvalue weighted by atomic mass is 10.1. The topological polar surface area (TPSA) is 19.4 Å². The molecule has 5 rings (SSSR count). The molecule has 3 nitrogen and oxygen atoms in total. The molecule has 0 N–H and O–H groups in total. The van der Waals surface area contributed by atoms with Gasteiger partial charge < -0.3 is 4.90 Å². The molecule has 3 aromatic rings. The van der Waals surface area contributed by atoms with E-state index in [1.165, 1.54) is 46.9 Å². The largest absolute Gasteiger partial charge is 0.339 e. The van der Waals surface area contributed by atoms with Crippen LogP contribution in [0.3, 0.4) is 0 Å². The molecule has 0 radical (unpaired) electrons. The Morgan fingerprint density at radius 1 is 0.931 bits per heavy atom. The number of thioether (sulfide) groups is 1. The quantitative estimate of drug-likeness (QED) is 0.559. The molecule has 29 heavy (non-hydrogen) atoms. The lowest BCUT2D eigenvalue weighted by Crippen LogP contribution is -2.40. The fourth-order valence-corrected chi connectivity index (χ4v) is 5.65. The van der Waals surface area contributed by atoms with E-state index in [4.69, 9.17) is 0 Å². The fraction of sp³-hybridized carbons (Fsp3) is 0.320. The summed E-state index contributed by atoms with van der Waals surface area (Å²) in [6.45, 7) is 3.34. The first kappa shape index (κ1) is 18.7. The minimum atomic E-state index is 0.586. The minimum absolute atomic E-state index is 0.586. The maximum absolute atomic E-state index is 4.51. The molecule has 0 spiro atoms. The highest BCUT2D eigenvalue weighted by Crippen LogP contribution is 2.43. The number of hydrogen-bond donors (Lipinski definition) is 0. The van der Waals surface area contributed by atoms with Crippen LogP contribution in [0, 0.1) is 0 Å². The van der Waals surface area contributed by atoms with Gasteiger partial charge in [0.15, 0.2) is 0 Å². The molecule has 0 amide bonds. The van der Waals surface area contributed by atoms with Crippen LogP contribution in [-0.4, -0.2) is 35.6 Å². The number of rotatable bonds is 5. The maximum atomic E-state index is 4.51. The van der Waals surface area contributed by atoms with Gasteiger partial charge in [0.25, 0.3) is 0 Å². The van der Waals surface area contributed by atoms with Crippen LogP contribution in [0.25, 0.3) is 0 Å². The van der Waals surface area contributed by atoms with Gasteiger partial charge in [-0.05, 0) is 55.3 Å². The lowest BCUT2D eigenvalue weighted by Gasteiger charge is -2.33. The number of fused-ring (bicyclic) bond motifs is 2.